The number of amides is 1. The van der Waals surface area contributed by atoms with Gasteiger partial charge in [-0.05, 0) is 36.8 Å². The molecule has 1 atom stereocenters. The summed E-state index contributed by atoms with van der Waals surface area (Å²) in [6.07, 6.45) is 4.31. The molecule has 0 aromatic carbocycles. The van der Waals surface area contributed by atoms with Gasteiger partial charge in [-0.25, -0.2) is 4.98 Å². The largest absolute Gasteiger partial charge is 0.397 e. The van der Waals surface area contributed by atoms with Gasteiger partial charge >= 0.3 is 0 Å². The number of thiophene rings is 1. The Morgan fingerprint density at radius 2 is 2.42 bits per heavy atom. The van der Waals surface area contributed by atoms with Crippen molar-refractivity contribution >= 4 is 33.1 Å². The van der Waals surface area contributed by atoms with Crippen LogP contribution in [0.25, 0.3) is 10.2 Å². The third-order valence-corrected chi connectivity index (χ3v) is 4.85. The van der Waals surface area contributed by atoms with Crippen molar-refractivity contribution in [1.29, 1.82) is 0 Å². The molecule has 0 saturated heterocycles. The Morgan fingerprint density at radius 3 is 3.11 bits per heavy atom. The zero-order valence-electron chi connectivity index (χ0n) is 10.8. The van der Waals surface area contributed by atoms with E-state index in [9.17, 15) is 4.79 Å². The maximum atomic E-state index is 12.2. The molecule has 4 nitrogen and oxygen atoms in total. The van der Waals surface area contributed by atoms with Gasteiger partial charge in [-0.3, -0.25) is 4.79 Å². The Morgan fingerprint density at radius 1 is 1.63 bits per heavy atom. The maximum absolute atomic E-state index is 12.2. The van der Waals surface area contributed by atoms with Crippen molar-refractivity contribution in [2.75, 3.05) is 12.3 Å². The van der Waals surface area contributed by atoms with Gasteiger partial charge in [-0.1, -0.05) is 6.92 Å². The highest BCUT2D eigenvalue weighted by atomic mass is 32.1. The summed E-state index contributed by atoms with van der Waals surface area (Å²) in [7, 11) is 0. The standard InChI is InChI=1S/C14H17N3OS/c1-8(9-4-5-9)7-17-13(18)12-11(15)10-3-2-6-16-14(10)19-12/h2-3,6,8-9H,4-5,7,15H2,1H3,(H,17,18). The number of pyridine rings is 1. The van der Waals surface area contributed by atoms with Crippen LogP contribution in [0.4, 0.5) is 5.69 Å². The number of nitrogens with one attached hydrogen (secondary N) is 1. The van der Waals surface area contributed by atoms with E-state index in [1.807, 2.05) is 12.1 Å². The molecule has 1 aliphatic rings. The maximum Gasteiger partial charge on any atom is 0.263 e. The first-order chi connectivity index (χ1) is 9.16. The van der Waals surface area contributed by atoms with Gasteiger partial charge in [0.1, 0.15) is 9.71 Å². The predicted octanol–water partition coefficient (Wildman–Crippen LogP) is 2.65. The third kappa shape index (κ3) is 2.42. The predicted molar refractivity (Wildman–Crippen MR) is 78.3 cm³/mol. The average molecular weight is 275 g/mol. The van der Waals surface area contributed by atoms with E-state index in [2.05, 4.69) is 17.2 Å². The molecule has 1 amide bonds. The minimum Gasteiger partial charge on any atom is -0.397 e. The average Bonchev–Trinajstić information content (AvgIpc) is 3.21. The highest BCUT2D eigenvalue weighted by molar-refractivity contribution is 7.21. The lowest BCUT2D eigenvalue weighted by Gasteiger charge is -2.10. The molecule has 19 heavy (non-hydrogen) atoms. The zero-order valence-corrected chi connectivity index (χ0v) is 11.7. The zero-order chi connectivity index (χ0) is 13.4. The summed E-state index contributed by atoms with van der Waals surface area (Å²) in [5, 5.41) is 3.85. The normalized spacial score (nSPS) is 16.5. The summed E-state index contributed by atoms with van der Waals surface area (Å²) in [5.74, 6) is 1.27. The molecule has 1 fully saturated rings. The molecule has 0 spiro atoms. The third-order valence-electron chi connectivity index (χ3n) is 3.72. The van der Waals surface area contributed by atoms with Crippen molar-refractivity contribution in [1.82, 2.24) is 10.3 Å². The lowest BCUT2D eigenvalue weighted by molar-refractivity contribution is 0.0951. The lowest BCUT2D eigenvalue weighted by Crippen LogP contribution is -2.28. The fraction of sp³-hybridized carbons (Fsp3) is 0.429. The van der Waals surface area contributed by atoms with Crippen molar-refractivity contribution in [3.05, 3.63) is 23.2 Å². The molecule has 0 radical (unpaired) electrons. The molecule has 2 aromatic heterocycles. The summed E-state index contributed by atoms with van der Waals surface area (Å²) in [6, 6.07) is 3.74. The van der Waals surface area contributed by atoms with Crippen molar-refractivity contribution < 1.29 is 4.79 Å². The number of nitrogen functional groups attached to an aromatic ring is 1. The molecule has 2 aromatic rings. The molecule has 2 heterocycles. The van der Waals surface area contributed by atoms with Gasteiger partial charge in [0.05, 0.1) is 5.69 Å². The first-order valence-electron chi connectivity index (χ1n) is 6.58. The Bertz CT molecular complexity index is 618. The van der Waals surface area contributed by atoms with Gasteiger partial charge in [0.15, 0.2) is 0 Å². The van der Waals surface area contributed by atoms with Gasteiger partial charge in [0, 0.05) is 18.1 Å². The SMILES string of the molecule is CC(CNC(=O)c1sc2ncccc2c1N)C1CC1. The van der Waals surface area contributed by atoms with Crippen LogP contribution in [0, 0.1) is 11.8 Å². The van der Waals surface area contributed by atoms with Crippen LogP contribution in [-0.2, 0) is 0 Å². The van der Waals surface area contributed by atoms with Gasteiger partial charge in [-0.15, -0.1) is 11.3 Å². The van der Waals surface area contributed by atoms with Gasteiger partial charge in [0.25, 0.3) is 5.91 Å². The van der Waals surface area contributed by atoms with E-state index >= 15 is 0 Å². The Hall–Kier alpha value is -1.62. The summed E-state index contributed by atoms with van der Waals surface area (Å²) in [6.45, 7) is 2.92. The van der Waals surface area contributed by atoms with E-state index < -0.39 is 0 Å². The molecule has 100 valence electrons. The summed E-state index contributed by atoms with van der Waals surface area (Å²) in [4.78, 5) is 17.8. The van der Waals surface area contributed by atoms with E-state index in [1.165, 1.54) is 24.2 Å². The molecule has 0 bridgehead atoms. The van der Waals surface area contributed by atoms with Crippen LogP contribution in [0.3, 0.4) is 0 Å². The molecule has 3 N–H and O–H groups in total. The number of nitrogens with two attached hydrogens (primary N) is 1. The number of carbonyl (C=O) groups is 1. The van der Waals surface area contributed by atoms with Crippen LogP contribution in [0.5, 0.6) is 0 Å². The van der Waals surface area contributed by atoms with E-state index in [0.29, 0.717) is 16.5 Å². The Balaban J connectivity index is 1.75. The number of nitrogens with zero attached hydrogens (tertiary/aromatic N) is 1. The van der Waals surface area contributed by atoms with Gasteiger partial charge < -0.3 is 11.1 Å². The molecular weight excluding hydrogens is 258 g/mol. The first-order valence-corrected chi connectivity index (χ1v) is 7.39. The van der Waals surface area contributed by atoms with Gasteiger partial charge in [0.2, 0.25) is 0 Å². The summed E-state index contributed by atoms with van der Waals surface area (Å²) < 4.78 is 0. The summed E-state index contributed by atoms with van der Waals surface area (Å²) in [5.41, 5.74) is 6.57. The lowest BCUT2D eigenvalue weighted by atomic mass is 10.1. The number of carbonyl (C=O) groups excluding carboxylic acids is 1. The molecule has 3 rings (SSSR count). The highest BCUT2D eigenvalue weighted by Gasteiger charge is 2.28. The molecule has 0 aliphatic heterocycles. The van der Waals surface area contributed by atoms with E-state index in [0.717, 1.165) is 22.7 Å². The van der Waals surface area contributed by atoms with E-state index in [4.69, 9.17) is 5.73 Å². The minimum atomic E-state index is -0.0759. The summed E-state index contributed by atoms with van der Waals surface area (Å²) >= 11 is 1.36. The second kappa shape index (κ2) is 4.81. The number of rotatable bonds is 4. The van der Waals surface area contributed by atoms with Crippen LogP contribution < -0.4 is 11.1 Å². The number of hydrogen-bond acceptors (Lipinski definition) is 4. The minimum absolute atomic E-state index is 0.0759. The molecular formula is C14H17N3OS. The first kappa shape index (κ1) is 12.4. The Labute approximate surface area is 116 Å². The van der Waals surface area contributed by atoms with Crippen LogP contribution in [-0.4, -0.2) is 17.4 Å². The molecule has 1 aliphatic carbocycles. The van der Waals surface area contributed by atoms with Crippen molar-refractivity contribution in [2.24, 2.45) is 11.8 Å². The van der Waals surface area contributed by atoms with E-state index in [1.54, 1.807) is 6.20 Å². The quantitative estimate of drug-likeness (QED) is 0.901. The smallest absolute Gasteiger partial charge is 0.263 e. The second-order valence-corrected chi connectivity index (χ2v) is 6.22. The van der Waals surface area contributed by atoms with Gasteiger partial charge in [-0.2, -0.15) is 0 Å². The fourth-order valence-corrected chi connectivity index (χ4v) is 3.27. The molecule has 1 unspecified atom stereocenters. The number of anilines is 1. The molecule has 1 saturated carbocycles. The molecule has 5 heteroatoms. The van der Waals surface area contributed by atoms with Crippen molar-refractivity contribution in [2.45, 2.75) is 19.8 Å². The Kier molecular flexibility index (Phi) is 3.14. The number of fused-ring (bicyclic) bond motifs is 1. The van der Waals surface area contributed by atoms with Crippen LogP contribution >= 0.6 is 11.3 Å². The van der Waals surface area contributed by atoms with Crippen LogP contribution in [0.15, 0.2) is 18.3 Å². The van der Waals surface area contributed by atoms with Crippen molar-refractivity contribution in [3.8, 4) is 0 Å². The van der Waals surface area contributed by atoms with Crippen molar-refractivity contribution in [3.63, 3.8) is 0 Å². The van der Waals surface area contributed by atoms with Crippen LogP contribution in [0.1, 0.15) is 29.4 Å². The fourth-order valence-electron chi connectivity index (χ4n) is 2.29. The number of aromatic nitrogens is 1. The van der Waals surface area contributed by atoms with Crippen LogP contribution in [0.2, 0.25) is 0 Å². The topological polar surface area (TPSA) is 68.0 Å². The second-order valence-electron chi connectivity index (χ2n) is 5.23. The number of hydrogen-bond donors (Lipinski definition) is 2. The highest BCUT2D eigenvalue weighted by Crippen LogP contribution is 2.36. The monoisotopic (exact) mass is 275 g/mol. The van der Waals surface area contributed by atoms with E-state index in [-0.39, 0.29) is 5.91 Å².